The molecule has 2 atom stereocenters. The maximum atomic E-state index is 12.7. The fraction of sp³-hybridized carbons (Fsp3) is 0.941. The Hall–Kier alpha value is -0.610. The van der Waals surface area contributed by atoms with Gasteiger partial charge in [0, 0.05) is 31.2 Å². The van der Waals surface area contributed by atoms with Crippen LogP contribution in [0.1, 0.15) is 65.2 Å². The summed E-state index contributed by atoms with van der Waals surface area (Å²) in [5.74, 6) is 0.337. The highest BCUT2D eigenvalue weighted by Gasteiger charge is 2.40. The summed E-state index contributed by atoms with van der Waals surface area (Å²) in [6, 6.07) is 1.47. The first kappa shape index (κ1) is 16.8. The summed E-state index contributed by atoms with van der Waals surface area (Å²) in [7, 11) is 0. The van der Waals surface area contributed by atoms with E-state index in [9.17, 15) is 4.79 Å². The maximum Gasteiger partial charge on any atom is 0.236 e. The molecule has 2 aliphatic heterocycles. The van der Waals surface area contributed by atoms with Gasteiger partial charge in [0.05, 0.1) is 6.54 Å². The molecule has 0 aromatic carbocycles. The first-order valence-electron chi connectivity index (χ1n) is 8.94. The van der Waals surface area contributed by atoms with Crippen LogP contribution >= 0.6 is 0 Å². The van der Waals surface area contributed by atoms with Crippen molar-refractivity contribution >= 4 is 5.91 Å². The molecule has 0 radical (unpaired) electrons. The number of nitrogens with two attached hydrogens (primary N) is 1. The Morgan fingerprint density at radius 1 is 1.10 bits per heavy atom. The molecule has 2 N–H and O–H groups in total. The first-order chi connectivity index (χ1) is 10.2. The molecule has 0 aliphatic carbocycles. The van der Waals surface area contributed by atoms with E-state index < -0.39 is 0 Å². The largest absolute Gasteiger partial charge is 0.342 e. The smallest absolute Gasteiger partial charge is 0.236 e. The number of fused-ring (bicyclic) bond motifs is 2. The number of hydrogen-bond donors (Lipinski definition) is 1. The van der Waals surface area contributed by atoms with E-state index in [1.165, 1.54) is 12.8 Å². The Balaban J connectivity index is 1.88. The Kier molecular flexibility index (Phi) is 6.49. The minimum atomic E-state index is 0.337. The highest BCUT2D eigenvalue weighted by Crippen LogP contribution is 2.34. The lowest BCUT2D eigenvalue weighted by molar-refractivity contribution is -0.133. The lowest BCUT2D eigenvalue weighted by Crippen LogP contribution is -2.51. The van der Waals surface area contributed by atoms with Gasteiger partial charge in [-0.1, -0.05) is 26.7 Å². The second kappa shape index (κ2) is 8.14. The van der Waals surface area contributed by atoms with E-state index in [0.29, 0.717) is 30.6 Å². The molecule has 0 spiro atoms. The van der Waals surface area contributed by atoms with Crippen molar-refractivity contribution in [2.75, 3.05) is 19.6 Å². The number of nitrogens with zero attached hydrogens (tertiary/aromatic N) is 2. The Morgan fingerprint density at radius 3 is 2.10 bits per heavy atom. The molecule has 0 aromatic rings. The molecule has 21 heavy (non-hydrogen) atoms. The van der Waals surface area contributed by atoms with Gasteiger partial charge in [-0.15, -0.1) is 0 Å². The molecule has 4 heteroatoms. The minimum Gasteiger partial charge on any atom is -0.342 e. The molecule has 2 aliphatic rings. The number of carbonyl (C=O) groups excluding carboxylic acids is 1. The van der Waals surface area contributed by atoms with Gasteiger partial charge in [-0.25, -0.2) is 0 Å². The summed E-state index contributed by atoms with van der Waals surface area (Å²) in [5, 5.41) is 0. The van der Waals surface area contributed by atoms with Gasteiger partial charge in [0.15, 0.2) is 0 Å². The quantitative estimate of drug-likeness (QED) is 0.748. The fourth-order valence-electron chi connectivity index (χ4n) is 3.89. The zero-order valence-electron chi connectivity index (χ0n) is 13.9. The molecule has 2 unspecified atom stereocenters. The lowest BCUT2D eigenvalue weighted by atomic mass is 9.98. The fourth-order valence-corrected chi connectivity index (χ4v) is 3.89. The zero-order valence-corrected chi connectivity index (χ0v) is 13.9. The van der Waals surface area contributed by atoms with Crippen molar-refractivity contribution in [2.45, 2.75) is 83.3 Å². The van der Waals surface area contributed by atoms with Crippen LogP contribution in [0.25, 0.3) is 0 Å². The third-order valence-corrected chi connectivity index (χ3v) is 5.15. The van der Waals surface area contributed by atoms with Crippen LogP contribution in [0.4, 0.5) is 0 Å². The number of carbonyl (C=O) groups is 1. The highest BCUT2D eigenvalue weighted by atomic mass is 16.2. The van der Waals surface area contributed by atoms with Crippen LogP contribution in [-0.2, 0) is 4.79 Å². The van der Waals surface area contributed by atoms with Crippen molar-refractivity contribution < 1.29 is 4.79 Å². The van der Waals surface area contributed by atoms with Crippen LogP contribution in [0.3, 0.4) is 0 Å². The van der Waals surface area contributed by atoms with Gasteiger partial charge >= 0.3 is 0 Å². The van der Waals surface area contributed by atoms with E-state index in [0.717, 1.165) is 51.6 Å². The van der Waals surface area contributed by atoms with Crippen LogP contribution in [0.15, 0.2) is 0 Å². The highest BCUT2D eigenvalue weighted by molar-refractivity contribution is 5.78. The topological polar surface area (TPSA) is 49.6 Å². The summed E-state index contributed by atoms with van der Waals surface area (Å²) in [5.41, 5.74) is 6.12. The molecule has 2 fully saturated rings. The second-order valence-electron chi connectivity index (χ2n) is 6.88. The van der Waals surface area contributed by atoms with Crippen molar-refractivity contribution in [3.63, 3.8) is 0 Å². The van der Waals surface area contributed by atoms with E-state index >= 15 is 0 Å². The molecule has 1 amide bonds. The van der Waals surface area contributed by atoms with Gasteiger partial charge in [-0.05, 0) is 38.5 Å². The average Bonchev–Trinajstić information content (AvgIpc) is 2.70. The predicted molar refractivity (Wildman–Crippen MR) is 87.1 cm³/mol. The van der Waals surface area contributed by atoms with Crippen LogP contribution in [0.2, 0.25) is 0 Å². The number of hydrogen-bond acceptors (Lipinski definition) is 3. The van der Waals surface area contributed by atoms with Crippen LogP contribution in [0, 0.1) is 0 Å². The zero-order chi connectivity index (χ0) is 15.2. The average molecular weight is 295 g/mol. The van der Waals surface area contributed by atoms with E-state index in [1.54, 1.807) is 0 Å². The van der Waals surface area contributed by atoms with Gasteiger partial charge in [0.2, 0.25) is 5.91 Å². The van der Waals surface area contributed by atoms with Crippen molar-refractivity contribution in [1.29, 1.82) is 0 Å². The molecular formula is C17H33N3O. The number of unbranched alkanes of at least 4 members (excludes halogenated alkanes) is 2. The lowest BCUT2D eigenvalue weighted by Gasteiger charge is -2.38. The summed E-state index contributed by atoms with van der Waals surface area (Å²) >= 11 is 0. The third kappa shape index (κ3) is 4.43. The molecule has 0 aromatic heterocycles. The molecule has 2 rings (SSSR count). The molecule has 2 bridgehead atoms. The molecule has 4 nitrogen and oxygen atoms in total. The maximum absolute atomic E-state index is 12.7. The van der Waals surface area contributed by atoms with Crippen LogP contribution < -0.4 is 5.73 Å². The van der Waals surface area contributed by atoms with Gasteiger partial charge in [0.1, 0.15) is 0 Å². The van der Waals surface area contributed by atoms with Crippen molar-refractivity contribution in [2.24, 2.45) is 5.73 Å². The Bertz CT molecular complexity index is 312. The van der Waals surface area contributed by atoms with Crippen molar-refractivity contribution in [3.8, 4) is 0 Å². The van der Waals surface area contributed by atoms with Gasteiger partial charge in [0.25, 0.3) is 0 Å². The molecule has 122 valence electrons. The Morgan fingerprint density at radius 2 is 1.62 bits per heavy atom. The molecular weight excluding hydrogens is 262 g/mol. The summed E-state index contributed by atoms with van der Waals surface area (Å²) < 4.78 is 0. The molecule has 2 saturated heterocycles. The number of amides is 1. The van der Waals surface area contributed by atoms with E-state index in [1.807, 2.05) is 0 Å². The second-order valence-corrected chi connectivity index (χ2v) is 6.88. The number of piperidine rings is 1. The van der Waals surface area contributed by atoms with Gasteiger partial charge in [-0.3, -0.25) is 9.69 Å². The third-order valence-electron chi connectivity index (χ3n) is 5.15. The van der Waals surface area contributed by atoms with E-state index in [4.69, 9.17) is 5.73 Å². The van der Waals surface area contributed by atoms with Crippen molar-refractivity contribution in [1.82, 2.24) is 9.80 Å². The van der Waals surface area contributed by atoms with Crippen LogP contribution in [0.5, 0.6) is 0 Å². The monoisotopic (exact) mass is 295 g/mol. The minimum absolute atomic E-state index is 0.337. The number of rotatable bonds is 8. The molecule has 0 saturated carbocycles. The van der Waals surface area contributed by atoms with E-state index in [2.05, 4.69) is 23.6 Å². The predicted octanol–water partition coefficient (Wildman–Crippen LogP) is 2.37. The van der Waals surface area contributed by atoms with Crippen molar-refractivity contribution in [3.05, 3.63) is 0 Å². The SMILES string of the molecule is CCCCN(CCCC)C(=O)CN1C2CCC1CC(N)C2. The first-order valence-corrected chi connectivity index (χ1v) is 8.94. The Labute approximate surface area is 130 Å². The standard InChI is InChI=1S/C17H33N3O/c1-3-5-9-19(10-6-4-2)17(21)13-20-15-7-8-16(20)12-14(18)11-15/h14-16H,3-13,18H2,1-2H3. The van der Waals surface area contributed by atoms with Gasteiger partial charge < -0.3 is 10.6 Å². The summed E-state index contributed by atoms with van der Waals surface area (Å²) in [6.07, 6.45) is 9.16. The normalized spacial score (nSPS) is 28.8. The van der Waals surface area contributed by atoms with E-state index in [-0.39, 0.29) is 0 Å². The summed E-state index contributed by atoms with van der Waals surface area (Å²) in [4.78, 5) is 17.2. The van der Waals surface area contributed by atoms with Gasteiger partial charge in [-0.2, -0.15) is 0 Å². The van der Waals surface area contributed by atoms with Crippen LogP contribution in [-0.4, -0.2) is 53.5 Å². The molecule has 2 heterocycles. The summed E-state index contributed by atoms with van der Waals surface area (Å²) in [6.45, 7) is 6.86.